The van der Waals surface area contributed by atoms with Gasteiger partial charge in [0.25, 0.3) is 0 Å². The summed E-state index contributed by atoms with van der Waals surface area (Å²) in [4.78, 5) is 14.6. The van der Waals surface area contributed by atoms with Crippen LogP contribution in [-0.4, -0.2) is 24.3 Å². The average Bonchev–Trinajstić information content (AvgIpc) is 2.74. The minimum atomic E-state index is -0.831. The smallest absolute Gasteiger partial charge is 0.182 e. The van der Waals surface area contributed by atoms with Crippen LogP contribution in [0.25, 0.3) is 0 Å². The molecule has 0 spiro atoms. The van der Waals surface area contributed by atoms with Crippen LogP contribution < -0.4 is 0 Å². The first kappa shape index (κ1) is 15.1. The monoisotopic (exact) mass is 315 g/mol. The zero-order valence-electron chi connectivity index (χ0n) is 10.7. The molecule has 2 rings (SSSR count). The van der Waals surface area contributed by atoms with Gasteiger partial charge in [0.2, 0.25) is 0 Å². The summed E-state index contributed by atoms with van der Waals surface area (Å²) in [7, 11) is 1.71. The van der Waals surface area contributed by atoms with Crippen molar-refractivity contribution in [2.75, 3.05) is 13.6 Å². The number of halogens is 3. The Balaban J connectivity index is 2.04. The molecule has 6 heteroatoms. The predicted molar refractivity (Wildman–Crippen MR) is 76.4 cm³/mol. The van der Waals surface area contributed by atoms with E-state index in [4.69, 9.17) is 11.6 Å². The van der Waals surface area contributed by atoms with Crippen molar-refractivity contribution in [2.45, 2.75) is 6.54 Å². The number of ketones is 1. The summed E-state index contributed by atoms with van der Waals surface area (Å²) in [6.07, 6.45) is 0. The fraction of sp³-hybridized carbons (Fsp3) is 0.214. The second-order valence-corrected chi connectivity index (χ2v) is 6.20. The average molecular weight is 316 g/mol. The van der Waals surface area contributed by atoms with Crippen LogP contribution in [0.3, 0.4) is 0 Å². The number of hydrogen-bond acceptors (Lipinski definition) is 3. The maximum Gasteiger partial charge on any atom is 0.182 e. The SMILES string of the molecule is CN(CC(=O)c1c(F)cccc1F)Cc1ccc(Cl)s1. The van der Waals surface area contributed by atoms with E-state index in [-0.39, 0.29) is 6.54 Å². The largest absolute Gasteiger partial charge is 0.294 e. The summed E-state index contributed by atoms with van der Waals surface area (Å²) < 4.78 is 27.6. The van der Waals surface area contributed by atoms with Gasteiger partial charge in [0, 0.05) is 11.4 Å². The quantitative estimate of drug-likeness (QED) is 0.777. The normalized spacial score (nSPS) is 11.1. The predicted octanol–water partition coefficient (Wildman–Crippen LogP) is 3.99. The van der Waals surface area contributed by atoms with Gasteiger partial charge in [0.1, 0.15) is 11.6 Å². The molecule has 0 N–H and O–H groups in total. The molecule has 0 bridgehead atoms. The summed E-state index contributed by atoms with van der Waals surface area (Å²) >= 11 is 7.23. The number of thiophene rings is 1. The zero-order valence-corrected chi connectivity index (χ0v) is 12.3. The first-order chi connectivity index (χ1) is 9.47. The molecule has 0 aliphatic heterocycles. The van der Waals surface area contributed by atoms with Crippen molar-refractivity contribution in [1.29, 1.82) is 0 Å². The van der Waals surface area contributed by atoms with Crippen LogP contribution in [-0.2, 0) is 6.54 Å². The highest BCUT2D eigenvalue weighted by atomic mass is 35.5. The molecular weight excluding hydrogens is 304 g/mol. The van der Waals surface area contributed by atoms with Crippen molar-refractivity contribution in [3.05, 3.63) is 56.7 Å². The van der Waals surface area contributed by atoms with Crippen LogP contribution in [0.2, 0.25) is 4.34 Å². The topological polar surface area (TPSA) is 20.3 Å². The Morgan fingerprint density at radius 2 is 1.90 bits per heavy atom. The number of carbonyl (C=O) groups excluding carboxylic acids is 1. The van der Waals surface area contributed by atoms with E-state index in [9.17, 15) is 13.6 Å². The van der Waals surface area contributed by atoms with Gasteiger partial charge in [-0.3, -0.25) is 9.69 Å². The standard InChI is InChI=1S/C14H12ClF2NOS/c1-18(7-9-5-6-13(15)20-9)8-12(19)14-10(16)3-2-4-11(14)17/h2-6H,7-8H2,1H3. The lowest BCUT2D eigenvalue weighted by Crippen LogP contribution is -2.26. The van der Waals surface area contributed by atoms with E-state index in [1.165, 1.54) is 17.4 Å². The van der Waals surface area contributed by atoms with Gasteiger partial charge in [0.15, 0.2) is 5.78 Å². The second-order valence-electron chi connectivity index (χ2n) is 4.40. The van der Waals surface area contributed by atoms with Gasteiger partial charge in [-0.15, -0.1) is 11.3 Å². The molecule has 0 radical (unpaired) electrons. The van der Waals surface area contributed by atoms with Gasteiger partial charge in [-0.1, -0.05) is 17.7 Å². The number of Topliss-reactive ketones (excluding diaryl/α,β-unsaturated/α-hetero) is 1. The molecule has 0 fully saturated rings. The molecule has 0 saturated heterocycles. The lowest BCUT2D eigenvalue weighted by atomic mass is 10.1. The highest BCUT2D eigenvalue weighted by molar-refractivity contribution is 7.16. The lowest BCUT2D eigenvalue weighted by molar-refractivity contribution is 0.0935. The molecule has 0 atom stereocenters. The van der Waals surface area contributed by atoms with Gasteiger partial charge < -0.3 is 0 Å². The Labute approximate surface area is 124 Å². The van der Waals surface area contributed by atoms with E-state index in [0.29, 0.717) is 10.9 Å². The van der Waals surface area contributed by atoms with E-state index >= 15 is 0 Å². The molecule has 0 unspecified atom stereocenters. The van der Waals surface area contributed by atoms with Gasteiger partial charge in [-0.05, 0) is 31.3 Å². The number of rotatable bonds is 5. The van der Waals surface area contributed by atoms with Gasteiger partial charge >= 0.3 is 0 Å². The molecule has 1 aromatic carbocycles. The van der Waals surface area contributed by atoms with Gasteiger partial charge in [-0.2, -0.15) is 0 Å². The van der Waals surface area contributed by atoms with Crippen LogP contribution in [0, 0.1) is 11.6 Å². The molecule has 106 valence electrons. The summed E-state index contributed by atoms with van der Waals surface area (Å²) in [5.41, 5.74) is -0.483. The van der Waals surface area contributed by atoms with Crippen LogP contribution in [0.15, 0.2) is 30.3 Å². The Hall–Kier alpha value is -1.30. The van der Waals surface area contributed by atoms with Crippen LogP contribution >= 0.6 is 22.9 Å². The molecule has 2 aromatic rings. The van der Waals surface area contributed by atoms with E-state index < -0.39 is 23.0 Å². The summed E-state index contributed by atoms with van der Waals surface area (Å²) in [6, 6.07) is 7.02. The number of benzene rings is 1. The Morgan fingerprint density at radius 3 is 2.45 bits per heavy atom. The van der Waals surface area contributed by atoms with Crippen molar-refractivity contribution in [3.63, 3.8) is 0 Å². The summed E-state index contributed by atoms with van der Waals surface area (Å²) in [6.45, 7) is 0.437. The van der Waals surface area contributed by atoms with Gasteiger partial charge in [0.05, 0.1) is 16.4 Å². The maximum atomic E-state index is 13.5. The van der Waals surface area contributed by atoms with Crippen molar-refractivity contribution >= 4 is 28.7 Å². The first-order valence-electron chi connectivity index (χ1n) is 5.87. The van der Waals surface area contributed by atoms with E-state index in [1.807, 2.05) is 6.07 Å². The highest BCUT2D eigenvalue weighted by Crippen LogP contribution is 2.22. The second kappa shape index (κ2) is 6.43. The molecule has 0 amide bonds. The molecule has 2 nitrogen and oxygen atoms in total. The minimum absolute atomic E-state index is 0.0621. The molecule has 1 heterocycles. The van der Waals surface area contributed by atoms with Crippen molar-refractivity contribution < 1.29 is 13.6 Å². The van der Waals surface area contributed by atoms with Crippen molar-refractivity contribution in [1.82, 2.24) is 4.90 Å². The number of likely N-dealkylation sites (N-methyl/N-ethyl adjacent to an activating group) is 1. The van der Waals surface area contributed by atoms with E-state index in [0.717, 1.165) is 17.0 Å². The Kier molecular flexibility index (Phi) is 4.86. The molecule has 0 aliphatic carbocycles. The molecular formula is C14H12ClF2NOS. The first-order valence-corrected chi connectivity index (χ1v) is 7.07. The number of nitrogens with zero attached hydrogens (tertiary/aromatic N) is 1. The lowest BCUT2D eigenvalue weighted by Gasteiger charge is -2.15. The summed E-state index contributed by atoms with van der Waals surface area (Å²) in [5, 5.41) is 0. The minimum Gasteiger partial charge on any atom is -0.294 e. The maximum absolute atomic E-state index is 13.5. The third-order valence-corrected chi connectivity index (χ3v) is 3.93. The highest BCUT2D eigenvalue weighted by Gasteiger charge is 2.18. The van der Waals surface area contributed by atoms with Crippen molar-refractivity contribution in [2.24, 2.45) is 0 Å². The Morgan fingerprint density at radius 1 is 1.25 bits per heavy atom. The number of hydrogen-bond donors (Lipinski definition) is 0. The van der Waals surface area contributed by atoms with E-state index in [2.05, 4.69) is 0 Å². The molecule has 1 aromatic heterocycles. The Bertz CT molecular complexity index is 609. The molecule has 0 aliphatic rings. The molecule has 20 heavy (non-hydrogen) atoms. The molecule has 0 saturated carbocycles. The zero-order chi connectivity index (χ0) is 14.7. The van der Waals surface area contributed by atoms with Gasteiger partial charge in [-0.25, -0.2) is 8.78 Å². The van der Waals surface area contributed by atoms with Crippen LogP contribution in [0.5, 0.6) is 0 Å². The third kappa shape index (κ3) is 3.62. The number of carbonyl (C=O) groups is 1. The van der Waals surface area contributed by atoms with Crippen LogP contribution in [0.4, 0.5) is 8.78 Å². The third-order valence-electron chi connectivity index (χ3n) is 2.71. The fourth-order valence-corrected chi connectivity index (χ4v) is 3.01. The van der Waals surface area contributed by atoms with E-state index in [1.54, 1.807) is 18.0 Å². The van der Waals surface area contributed by atoms with Crippen LogP contribution in [0.1, 0.15) is 15.2 Å². The van der Waals surface area contributed by atoms with Crippen molar-refractivity contribution in [3.8, 4) is 0 Å². The fourth-order valence-electron chi connectivity index (χ4n) is 1.85. The summed E-state index contributed by atoms with van der Waals surface area (Å²) in [5.74, 6) is -2.24.